The fraction of sp³-hybridized carbons (Fsp3) is 0.333. The molecule has 148 valence electrons. The Morgan fingerprint density at radius 3 is 2.63 bits per heavy atom. The summed E-state index contributed by atoms with van der Waals surface area (Å²) in [4.78, 5) is 16.2. The van der Waals surface area contributed by atoms with Crippen LogP contribution in [-0.4, -0.2) is 34.8 Å². The lowest BCUT2D eigenvalue weighted by molar-refractivity contribution is -0.275. The molecule has 6 nitrogen and oxygen atoms in total. The molecule has 1 N–H and O–H groups in total. The van der Waals surface area contributed by atoms with Gasteiger partial charge in [0.05, 0.1) is 13.2 Å². The molecule has 0 saturated heterocycles. The van der Waals surface area contributed by atoms with Crippen LogP contribution < -0.4 is 15.1 Å². The summed E-state index contributed by atoms with van der Waals surface area (Å²) in [5.74, 6) is -4.63. The highest BCUT2D eigenvalue weighted by Crippen LogP contribution is 2.35. The number of rotatable bonds is 8. The van der Waals surface area contributed by atoms with Crippen molar-refractivity contribution in [2.45, 2.75) is 19.0 Å². The summed E-state index contributed by atoms with van der Waals surface area (Å²) in [6.45, 7) is 0.436. The Labute approximate surface area is 154 Å². The first-order chi connectivity index (χ1) is 12.7. The van der Waals surface area contributed by atoms with E-state index < -0.39 is 24.2 Å². The molecule has 0 bridgehead atoms. The number of pyridine rings is 2. The second kappa shape index (κ2) is 8.57. The van der Waals surface area contributed by atoms with Crippen molar-refractivity contribution in [3.05, 3.63) is 47.0 Å². The maximum absolute atomic E-state index is 13.0. The second-order valence-corrected chi connectivity index (χ2v) is 5.60. The molecule has 0 atom stereocenters. The van der Waals surface area contributed by atoms with Crippen LogP contribution >= 0.6 is 12.3 Å². The zero-order chi connectivity index (χ0) is 20.1. The van der Waals surface area contributed by atoms with Gasteiger partial charge in [0.2, 0.25) is 12.3 Å². The van der Waals surface area contributed by atoms with E-state index in [1.54, 1.807) is 13.0 Å². The molecule has 0 amide bonds. The molecule has 0 aliphatic carbocycles. The maximum Gasteiger partial charge on any atom is 0.455 e. The molecule has 0 spiro atoms. The van der Waals surface area contributed by atoms with Crippen molar-refractivity contribution in [3.63, 3.8) is 0 Å². The molecular formula is C15H14F5N3O3S. The highest BCUT2D eigenvalue weighted by atomic mass is 32.2. The van der Waals surface area contributed by atoms with Gasteiger partial charge in [-0.05, 0) is 25.1 Å². The first kappa shape index (κ1) is 21.0. The van der Waals surface area contributed by atoms with Crippen molar-refractivity contribution in [3.8, 4) is 11.6 Å². The van der Waals surface area contributed by atoms with Crippen LogP contribution in [0.25, 0.3) is 5.82 Å². The number of halogens is 5. The van der Waals surface area contributed by atoms with E-state index in [-0.39, 0.29) is 17.3 Å². The lowest BCUT2D eigenvalue weighted by Crippen LogP contribution is -2.42. The number of nitrogens with one attached hydrogen (secondary N) is 1. The van der Waals surface area contributed by atoms with Gasteiger partial charge in [-0.1, -0.05) is 0 Å². The van der Waals surface area contributed by atoms with E-state index in [9.17, 15) is 26.7 Å². The van der Waals surface area contributed by atoms with Crippen molar-refractivity contribution < 1.29 is 30.3 Å². The zero-order valence-corrected chi connectivity index (χ0v) is 14.6. The summed E-state index contributed by atoms with van der Waals surface area (Å²) in [5.41, 5.74) is -0.900. The molecule has 0 saturated carbocycles. The summed E-state index contributed by atoms with van der Waals surface area (Å²) in [5, 5.41) is 1.91. The van der Waals surface area contributed by atoms with Crippen molar-refractivity contribution >= 4 is 18.0 Å². The van der Waals surface area contributed by atoms with Crippen molar-refractivity contribution in [1.29, 1.82) is 0 Å². The molecule has 12 heteroatoms. The number of hydrogen-bond acceptors (Lipinski definition) is 6. The van der Waals surface area contributed by atoms with Gasteiger partial charge in [-0.2, -0.15) is 22.0 Å². The van der Waals surface area contributed by atoms with Gasteiger partial charge in [-0.25, -0.2) is 4.98 Å². The highest BCUT2D eigenvalue weighted by molar-refractivity contribution is 7.90. The maximum atomic E-state index is 13.0. The molecule has 0 aliphatic heterocycles. The summed E-state index contributed by atoms with van der Waals surface area (Å²) in [6, 6.07) is 5.13. The molecule has 0 fully saturated rings. The molecule has 0 radical (unpaired) electrons. The number of nitrogens with zero attached hydrogens (tertiary/aromatic N) is 2. The van der Waals surface area contributed by atoms with Gasteiger partial charge in [0.15, 0.2) is 11.6 Å². The van der Waals surface area contributed by atoms with E-state index in [1.165, 1.54) is 24.5 Å². The number of alkyl halides is 5. The fourth-order valence-corrected chi connectivity index (χ4v) is 2.16. The van der Waals surface area contributed by atoms with E-state index in [1.807, 2.05) is 5.32 Å². The number of hydrogen-bond donors (Lipinski definition) is 1. The van der Waals surface area contributed by atoms with Crippen LogP contribution in [0.5, 0.6) is 5.75 Å². The van der Waals surface area contributed by atoms with Crippen LogP contribution in [-0.2, 0) is 4.18 Å². The molecule has 0 aromatic carbocycles. The molecule has 2 aromatic rings. The first-order valence-corrected chi connectivity index (χ1v) is 8.15. The molecule has 2 rings (SSSR count). The Bertz CT molecular complexity index is 829. The van der Waals surface area contributed by atoms with Crippen LogP contribution in [0.1, 0.15) is 6.92 Å². The third-order valence-corrected chi connectivity index (χ3v) is 3.70. The fourth-order valence-electron chi connectivity index (χ4n) is 1.81. The quantitative estimate of drug-likeness (QED) is 0.405. The average Bonchev–Trinajstić information content (AvgIpc) is 2.60. The first-order valence-electron chi connectivity index (χ1n) is 7.48. The minimum absolute atomic E-state index is 0.0990. The van der Waals surface area contributed by atoms with Gasteiger partial charge in [0.25, 0.3) is 5.56 Å². The molecule has 27 heavy (non-hydrogen) atoms. The Kier molecular flexibility index (Phi) is 6.65. The van der Waals surface area contributed by atoms with Gasteiger partial charge in [-0.3, -0.25) is 13.5 Å². The lowest BCUT2D eigenvalue weighted by atomic mass is 10.3. The van der Waals surface area contributed by atoms with Crippen molar-refractivity contribution in [1.82, 2.24) is 9.55 Å². The van der Waals surface area contributed by atoms with Gasteiger partial charge in [-0.15, -0.1) is 0 Å². The van der Waals surface area contributed by atoms with Gasteiger partial charge in [0, 0.05) is 24.1 Å². The molecule has 2 heterocycles. The Morgan fingerprint density at radius 1 is 1.26 bits per heavy atom. The highest BCUT2D eigenvalue weighted by Gasteiger charge is 2.57. The number of aromatic nitrogens is 2. The van der Waals surface area contributed by atoms with Crippen molar-refractivity contribution in [2.75, 3.05) is 18.5 Å². The lowest BCUT2D eigenvalue weighted by Gasteiger charge is -2.20. The van der Waals surface area contributed by atoms with E-state index in [0.29, 0.717) is 18.9 Å². The van der Waals surface area contributed by atoms with Crippen LogP contribution in [0.2, 0.25) is 0 Å². The largest absolute Gasteiger partial charge is 0.455 e. The van der Waals surface area contributed by atoms with E-state index in [2.05, 4.69) is 4.98 Å². The molecule has 0 aliphatic rings. The molecular weight excluding hydrogens is 397 g/mol. The zero-order valence-electron chi connectivity index (χ0n) is 13.8. The third-order valence-electron chi connectivity index (χ3n) is 3.12. The molecule has 2 aromatic heterocycles. The predicted molar refractivity (Wildman–Crippen MR) is 89.2 cm³/mol. The predicted octanol–water partition coefficient (Wildman–Crippen LogP) is 3.82. The summed E-state index contributed by atoms with van der Waals surface area (Å²) < 4.78 is 73.8. The average molecular weight is 411 g/mol. The standard InChI is InChI=1S/C15H14F5N3O3S/c1-2-25-27-26-11-4-3-6-21-13(11)23-7-5-10(8-12(23)24)22-9-14(16,17)15(18,19)20/h3-8,22H,2,9H2,1H3. The number of anilines is 1. The topological polar surface area (TPSA) is 65.4 Å². The van der Waals surface area contributed by atoms with E-state index in [0.717, 1.165) is 10.6 Å². The van der Waals surface area contributed by atoms with Crippen LogP contribution in [0.3, 0.4) is 0 Å². The van der Waals surface area contributed by atoms with Crippen LogP contribution in [0.4, 0.5) is 27.6 Å². The minimum Gasteiger partial charge on any atom is -0.396 e. The SMILES string of the molecule is CCOSOc1cccnc1-n1ccc(NCC(F)(F)C(F)(F)F)cc1=O. The molecule has 0 unspecified atom stereocenters. The Morgan fingerprint density at radius 2 is 2.00 bits per heavy atom. The van der Waals surface area contributed by atoms with Gasteiger partial charge < -0.3 is 9.50 Å². The summed E-state index contributed by atoms with van der Waals surface area (Å²) >= 11 is 0.680. The smallest absolute Gasteiger partial charge is 0.396 e. The van der Waals surface area contributed by atoms with Crippen molar-refractivity contribution in [2.24, 2.45) is 0 Å². The monoisotopic (exact) mass is 411 g/mol. The normalized spacial score (nSPS) is 12.1. The Balaban J connectivity index is 2.19. The third kappa shape index (κ3) is 5.32. The Hall–Kier alpha value is -2.34. The van der Waals surface area contributed by atoms with Gasteiger partial charge >= 0.3 is 12.1 Å². The summed E-state index contributed by atoms with van der Waals surface area (Å²) in [6.07, 6.45) is -3.11. The second-order valence-electron chi connectivity index (χ2n) is 5.06. The van der Waals surface area contributed by atoms with Gasteiger partial charge in [0.1, 0.15) is 0 Å². The minimum atomic E-state index is -5.69. The van der Waals surface area contributed by atoms with Crippen LogP contribution in [0.15, 0.2) is 41.5 Å². The van der Waals surface area contributed by atoms with E-state index in [4.69, 9.17) is 8.37 Å². The van der Waals surface area contributed by atoms with Crippen LogP contribution in [0, 0.1) is 0 Å². The summed E-state index contributed by atoms with van der Waals surface area (Å²) in [7, 11) is 0. The van der Waals surface area contributed by atoms with E-state index >= 15 is 0 Å².